The van der Waals surface area contributed by atoms with Crippen LogP contribution < -0.4 is 11.5 Å². The van der Waals surface area contributed by atoms with Gasteiger partial charge < -0.3 is 25.7 Å². The van der Waals surface area contributed by atoms with Crippen molar-refractivity contribution in [1.29, 1.82) is 0 Å². The van der Waals surface area contributed by atoms with Crippen LogP contribution in [0.25, 0.3) is 11.2 Å². The molecule has 0 unspecified atom stereocenters. The lowest BCUT2D eigenvalue weighted by Gasteiger charge is -2.24. The monoisotopic (exact) mass is 332 g/mol. The SMILES string of the molecule is CC1(C)O[C@@H]2[C@H](O1)[C@@H](/C=C/CN)O[C@H]2n1cnc2c(N)ncnc21. The molecule has 0 radical (unpaired) electrons. The van der Waals surface area contributed by atoms with Gasteiger partial charge in [-0.3, -0.25) is 4.57 Å². The van der Waals surface area contributed by atoms with E-state index in [2.05, 4.69) is 15.0 Å². The van der Waals surface area contributed by atoms with Gasteiger partial charge in [-0.1, -0.05) is 12.2 Å². The second-order valence-corrected chi connectivity index (χ2v) is 6.30. The van der Waals surface area contributed by atoms with E-state index in [1.165, 1.54) is 6.33 Å². The molecule has 0 aliphatic carbocycles. The molecule has 0 saturated carbocycles. The average Bonchev–Trinajstić information content (AvgIpc) is 3.17. The van der Waals surface area contributed by atoms with Crippen molar-refractivity contribution in [3.05, 3.63) is 24.8 Å². The Bertz CT molecular complexity index is 789. The van der Waals surface area contributed by atoms with E-state index in [9.17, 15) is 0 Å². The van der Waals surface area contributed by atoms with E-state index in [4.69, 9.17) is 25.7 Å². The molecule has 4 atom stereocenters. The molecule has 2 fully saturated rings. The molecule has 2 saturated heterocycles. The highest BCUT2D eigenvalue weighted by molar-refractivity contribution is 5.81. The van der Waals surface area contributed by atoms with Crippen molar-refractivity contribution in [2.45, 2.75) is 44.2 Å². The first-order valence-corrected chi connectivity index (χ1v) is 7.81. The highest BCUT2D eigenvalue weighted by Crippen LogP contribution is 2.44. The molecule has 4 N–H and O–H groups in total. The third-order valence-corrected chi connectivity index (χ3v) is 4.19. The molecule has 0 amide bonds. The summed E-state index contributed by atoms with van der Waals surface area (Å²) in [7, 11) is 0. The van der Waals surface area contributed by atoms with Gasteiger partial charge in [0, 0.05) is 6.54 Å². The maximum atomic E-state index is 6.15. The van der Waals surface area contributed by atoms with Crippen LogP contribution >= 0.6 is 0 Å². The maximum Gasteiger partial charge on any atom is 0.167 e. The summed E-state index contributed by atoms with van der Waals surface area (Å²) in [4.78, 5) is 12.5. The normalized spacial score (nSPS) is 32.0. The summed E-state index contributed by atoms with van der Waals surface area (Å²) in [6.07, 6.45) is 5.59. The lowest BCUT2D eigenvalue weighted by atomic mass is 10.1. The molecular formula is C15H20N6O3. The van der Waals surface area contributed by atoms with E-state index in [0.717, 1.165) is 0 Å². The number of nitrogens with two attached hydrogens (primary N) is 2. The standard InChI is InChI=1S/C15H20N6O3/c1-15(2)23-10-8(4-3-5-16)22-14(11(10)24-15)21-7-20-9-12(17)18-6-19-13(9)21/h3-4,6-8,10-11,14H,5,16H2,1-2H3,(H2,17,18,19)/b4-3+/t8-,10-,11-,14-/m1/s1. The van der Waals surface area contributed by atoms with Crippen LogP contribution in [-0.4, -0.2) is 50.2 Å². The largest absolute Gasteiger partial charge is 0.382 e. The van der Waals surface area contributed by atoms with Crippen LogP contribution in [0.15, 0.2) is 24.8 Å². The van der Waals surface area contributed by atoms with Crippen molar-refractivity contribution in [3.63, 3.8) is 0 Å². The first kappa shape index (κ1) is 15.5. The summed E-state index contributed by atoms with van der Waals surface area (Å²) in [6, 6.07) is 0. The molecular weight excluding hydrogens is 312 g/mol. The summed E-state index contributed by atoms with van der Waals surface area (Å²) in [5, 5.41) is 0. The van der Waals surface area contributed by atoms with Crippen molar-refractivity contribution in [2.24, 2.45) is 5.73 Å². The number of aromatic nitrogens is 4. The predicted octanol–water partition coefficient (Wildman–Crippen LogP) is 0.341. The predicted molar refractivity (Wildman–Crippen MR) is 85.7 cm³/mol. The second-order valence-electron chi connectivity index (χ2n) is 6.30. The van der Waals surface area contributed by atoms with Crippen LogP contribution in [0, 0.1) is 0 Å². The molecule has 0 aromatic carbocycles. The van der Waals surface area contributed by atoms with Gasteiger partial charge in [0.2, 0.25) is 0 Å². The third-order valence-electron chi connectivity index (χ3n) is 4.19. The summed E-state index contributed by atoms with van der Waals surface area (Å²) < 4.78 is 20.0. The smallest absolute Gasteiger partial charge is 0.167 e. The molecule has 9 heteroatoms. The van der Waals surface area contributed by atoms with Gasteiger partial charge in [-0.2, -0.15) is 0 Å². The van der Waals surface area contributed by atoms with Crippen LogP contribution in [0.4, 0.5) is 5.82 Å². The Morgan fingerprint density at radius 3 is 2.83 bits per heavy atom. The van der Waals surface area contributed by atoms with Crippen LogP contribution in [0.3, 0.4) is 0 Å². The van der Waals surface area contributed by atoms with Gasteiger partial charge in [0.25, 0.3) is 0 Å². The van der Waals surface area contributed by atoms with Crippen molar-refractivity contribution in [1.82, 2.24) is 19.5 Å². The summed E-state index contributed by atoms with van der Waals surface area (Å²) in [5.41, 5.74) is 12.6. The third kappa shape index (κ3) is 2.37. The van der Waals surface area contributed by atoms with Gasteiger partial charge in [-0.25, -0.2) is 15.0 Å². The van der Waals surface area contributed by atoms with Crippen LogP contribution in [-0.2, 0) is 14.2 Å². The highest BCUT2D eigenvalue weighted by atomic mass is 16.8. The number of nitrogens with zero attached hydrogens (tertiary/aromatic N) is 4. The number of imidazole rings is 1. The average molecular weight is 332 g/mol. The van der Waals surface area contributed by atoms with Crippen LogP contribution in [0.2, 0.25) is 0 Å². The molecule has 9 nitrogen and oxygen atoms in total. The number of anilines is 1. The molecule has 2 aromatic rings. The zero-order valence-electron chi connectivity index (χ0n) is 13.5. The molecule has 4 rings (SSSR count). The highest BCUT2D eigenvalue weighted by Gasteiger charge is 2.55. The van der Waals surface area contributed by atoms with Gasteiger partial charge in [0.1, 0.15) is 30.2 Å². The summed E-state index contributed by atoms with van der Waals surface area (Å²) in [6.45, 7) is 4.21. The van der Waals surface area contributed by atoms with Crippen molar-refractivity contribution >= 4 is 17.0 Å². The summed E-state index contributed by atoms with van der Waals surface area (Å²) >= 11 is 0. The van der Waals surface area contributed by atoms with E-state index in [1.807, 2.05) is 30.6 Å². The molecule has 2 aromatic heterocycles. The summed E-state index contributed by atoms with van der Waals surface area (Å²) in [5.74, 6) is -0.354. The number of hydrogen-bond acceptors (Lipinski definition) is 8. The van der Waals surface area contributed by atoms with Crippen LogP contribution in [0.5, 0.6) is 0 Å². The van der Waals surface area contributed by atoms with E-state index < -0.39 is 12.0 Å². The maximum absolute atomic E-state index is 6.15. The Labute approximate surface area is 138 Å². The van der Waals surface area contributed by atoms with E-state index >= 15 is 0 Å². The number of fused-ring (bicyclic) bond motifs is 2. The quantitative estimate of drug-likeness (QED) is 0.771. The van der Waals surface area contributed by atoms with Gasteiger partial charge >= 0.3 is 0 Å². The first-order chi connectivity index (χ1) is 11.5. The fourth-order valence-corrected chi connectivity index (χ4v) is 3.26. The molecule has 24 heavy (non-hydrogen) atoms. The molecule has 128 valence electrons. The fourth-order valence-electron chi connectivity index (χ4n) is 3.26. The molecule has 2 aliphatic heterocycles. The zero-order valence-corrected chi connectivity index (χ0v) is 13.5. The number of nitrogen functional groups attached to an aromatic ring is 1. The number of rotatable bonds is 3. The Morgan fingerprint density at radius 1 is 1.25 bits per heavy atom. The number of hydrogen-bond donors (Lipinski definition) is 2. The lowest BCUT2D eigenvalue weighted by molar-refractivity contribution is -0.191. The molecule has 0 bridgehead atoms. The minimum Gasteiger partial charge on any atom is -0.382 e. The zero-order chi connectivity index (χ0) is 16.9. The lowest BCUT2D eigenvalue weighted by Crippen LogP contribution is -2.28. The van der Waals surface area contributed by atoms with Gasteiger partial charge in [0.05, 0.1) is 6.33 Å². The topological polar surface area (TPSA) is 123 Å². The number of ether oxygens (including phenoxy) is 3. The Balaban J connectivity index is 1.74. The van der Waals surface area contributed by atoms with Crippen molar-refractivity contribution in [2.75, 3.05) is 12.3 Å². The first-order valence-electron chi connectivity index (χ1n) is 7.81. The molecule has 0 spiro atoms. The second kappa shape index (κ2) is 5.49. The Kier molecular flexibility index (Phi) is 3.53. The van der Waals surface area contributed by atoms with E-state index in [1.54, 1.807) is 6.33 Å². The van der Waals surface area contributed by atoms with Crippen LogP contribution in [0.1, 0.15) is 20.1 Å². The van der Waals surface area contributed by atoms with Crippen molar-refractivity contribution < 1.29 is 14.2 Å². The van der Waals surface area contributed by atoms with Crippen molar-refractivity contribution in [3.8, 4) is 0 Å². The minimum absolute atomic E-state index is 0.232. The minimum atomic E-state index is -0.684. The fraction of sp³-hybridized carbons (Fsp3) is 0.533. The van der Waals surface area contributed by atoms with Gasteiger partial charge in [-0.05, 0) is 13.8 Å². The van der Waals surface area contributed by atoms with E-state index in [0.29, 0.717) is 23.5 Å². The molecule has 2 aliphatic rings. The van der Waals surface area contributed by atoms with Gasteiger partial charge in [0.15, 0.2) is 23.5 Å². The van der Waals surface area contributed by atoms with E-state index in [-0.39, 0.29) is 18.3 Å². The molecule has 4 heterocycles. The Morgan fingerprint density at radius 2 is 2.04 bits per heavy atom. The Hall–Kier alpha value is -2.07. The van der Waals surface area contributed by atoms with Gasteiger partial charge in [-0.15, -0.1) is 0 Å².